The molecule has 1 aromatic carbocycles. The molecule has 0 spiro atoms. The van der Waals surface area contributed by atoms with Crippen molar-refractivity contribution in [2.24, 2.45) is 0 Å². The Balaban J connectivity index is 2.73. The number of benzene rings is 1. The van der Waals surface area contributed by atoms with Gasteiger partial charge >= 0.3 is 0 Å². The zero-order valence-electron chi connectivity index (χ0n) is 10.6. The highest BCUT2D eigenvalue weighted by Crippen LogP contribution is 2.20. The quantitative estimate of drug-likeness (QED) is 0.775. The molecule has 1 unspecified atom stereocenters. The summed E-state index contributed by atoms with van der Waals surface area (Å²) in [5, 5.41) is 0.685. The number of hydrogen-bond acceptors (Lipinski definition) is 2. The topological polar surface area (TPSA) is 26.3 Å². The largest absolute Gasteiger partial charge is 0.368 e. The first-order valence-corrected chi connectivity index (χ1v) is 6.31. The van der Waals surface area contributed by atoms with E-state index in [4.69, 9.17) is 16.3 Å². The van der Waals surface area contributed by atoms with E-state index in [9.17, 15) is 4.79 Å². The Morgan fingerprint density at radius 2 is 1.88 bits per heavy atom. The standard InChI is InChI=1S/C14H19ClO2/c1-4-14(3,17-5-2)13(16)10-11-6-8-12(15)9-7-11/h6-9H,4-5,10H2,1-3H3. The van der Waals surface area contributed by atoms with E-state index < -0.39 is 5.60 Å². The van der Waals surface area contributed by atoms with Crippen LogP contribution in [-0.2, 0) is 16.0 Å². The molecule has 1 atom stereocenters. The van der Waals surface area contributed by atoms with Crippen LogP contribution in [0.2, 0.25) is 5.02 Å². The van der Waals surface area contributed by atoms with Crippen LogP contribution >= 0.6 is 11.6 Å². The van der Waals surface area contributed by atoms with E-state index in [2.05, 4.69) is 0 Å². The van der Waals surface area contributed by atoms with E-state index in [1.54, 1.807) is 12.1 Å². The summed E-state index contributed by atoms with van der Waals surface area (Å²) < 4.78 is 5.56. The Bertz CT molecular complexity index is 372. The Hall–Kier alpha value is -0.860. The van der Waals surface area contributed by atoms with Gasteiger partial charge in [-0.25, -0.2) is 0 Å². The van der Waals surface area contributed by atoms with Gasteiger partial charge in [0.05, 0.1) is 0 Å². The number of carbonyl (C=O) groups is 1. The zero-order chi connectivity index (χ0) is 12.9. The Labute approximate surface area is 108 Å². The number of hydrogen-bond donors (Lipinski definition) is 0. The molecular weight excluding hydrogens is 236 g/mol. The number of Topliss-reactive ketones (excluding diaryl/α,β-unsaturated/α-hetero) is 1. The first kappa shape index (κ1) is 14.2. The van der Waals surface area contributed by atoms with E-state index in [-0.39, 0.29) is 5.78 Å². The van der Waals surface area contributed by atoms with E-state index >= 15 is 0 Å². The molecule has 0 radical (unpaired) electrons. The van der Waals surface area contributed by atoms with Gasteiger partial charge in [0, 0.05) is 18.1 Å². The van der Waals surface area contributed by atoms with Crippen molar-refractivity contribution in [1.82, 2.24) is 0 Å². The van der Waals surface area contributed by atoms with Crippen molar-refractivity contribution in [2.75, 3.05) is 6.61 Å². The third-order valence-corrected chi connectivity index (χ3v) is 3.26. The Morgan fingerprint density at radius 1 is 1.29 bits per heavy atom. The summed E-state index contributed by atoms with van der Waals surface area (Å²) in [4.78, 5) is 12.2. The second kappa shape index (κ2) is 6.18. The van der Waals surface area contributed by atoms with E-state index in [0.717, 1.165) is 5.56 Å². The van der Waals surface area contributed by atoms with Crippen molar-refractivity contribution in [3.05, 3.63) is 34.9 Å². The maximum absolute atomic E-state index is 12.2. The molecule has 2 nitrogen and oxygen atoms in total. The molecule has 0 aromatic heterocycles. The molecule has 0 saturated carbocycles. The van der Waals surface area contributed by atoms with Crippen LogP contribution in [0.15, 0.2) is 24.3 Å². The zero-order valence-corrected chi connectivity index (χ0v) is 11.4. The first-order chi connectivity index (χ1) is 8.01. The maximum Gasteiger partial charge on any atom is 0.168 e. The molecule has 0 bridgehead atoms. The van der Waals surface area contributed by atoms with Gasteiger partial charge in [-0.3, -0.25) is 4.79 Å². The normalized spacial score (nSPS) is 14.4. The molecule has 0 aliphatic heterocycles. The van der Waals surface area contributed by atoms with Gasteiger partial charge in [0.15, 0.2) is 5.78 Å². The number of ether oxygens (including phenoxy) is 1. The van der Waals surface area contributed by atoms with Gasteiger partial charge in [-0.2, -0.15) is 0 Å². The van der Waals surface area contributed by atoms with Crippen LogP contribution in [-0.4, -0.2) is 18.0 Å². The lowest BCUT2D eigenvalue weighted by molar-refractivity contribution is -0.141. The lowest BCUT2D eigenvalue weighted by Crippen LogP contribution is -2.39. The van der Waals surface area contributed by atoms with E-state index in [0.29, 0.717) is 24.5 Å². The van der Waals surface area contributed by atoms with Crippen LogP contribution in [0.4, 0.5) is 0 Å². The third kappa shape index (κ3) is 3.83. The van der Waals surface area contributed by atoms with Crippen molar-refractivity contribution in [3.8, 4) is 0 Å². The molecule has 1 aromatic rings. The lowest BCUT2D eigenvalue weighted by Gasteiger charge is -2.26. The van der Waals surface area contributed by atoms with Gasteiger partial charge < -0.3 is 4.74 Å². The molecule has 3 heteroatoms. The smallest absolute Gasteiger partial charge is 0.168 e. The van der Waals surface area contributed by atoms with Crippen LogP contribution in [0, 0.1) is 0 Å². The van der Waals surface area contributed by atoms with Gasteiger partial charge in [-0.05, 0) is 38.0 Å². The Morgan fingerprint density at radius 3 is 2.35 bits per heavy atom. The fourth-order valence-corrected chi connectivity index (χ4v) is 1.80. The van der Waals surface area contributed by atoms with Crippen molar-refractivity contribution in [1.29, 1.82) is 0 Å². The molecule has 0 fully saturated rings. The van der Waals surface area contributed by atoms with Gasteiger partial charge in [0.25, 0.3) is 0 Å². The SMILES string of the molecule is CCOC(C)(CC)C(=O)Cc1ccc(Cl)cc1. The molecule has 0 aliphatic carbocycles. The third-order valence-electron chi connectivity index (χ3n) is 3.01. The molecule has 0 heterocycles. The van der Waals surface area contributed by atoms with Crippen LogP contribution in [0.3, 0.4) is 0 Å². The van der Waals surface area contributed by atoms with Gasteiger partial charge in [-0.15, -0.1) is 0 Å². The van der Waals surface area contributed by atoms with Crippen LogP contribution in [0.25, 0.3) is 0 Å². The molecule has 0 N–H and O–H groups in total. The first-order valence-electron chi connectivity index (χ1n) is 5.93. The van der Waals surface area contributed by atoms with Crippen LogP contribution in [0.1, 0.15) is 32.8 Å². The number of carbonyl (C=O) groups excluding carboxylic acids is 1. The summed E-state index contributed by atoms with van der Waals surface area (Å²) in [7, 11) is 0. The minimum atomic E-state index is -0.672. The maximum atomic E-state index is 12.2. The van der Waals surface area contributed by atoms with Crippen LogP contribution < -0.4 is 0 Å². The monoisotopic (exact) mass is 254 g/mol. The molecule has 94 valence electrons. The molecule has 17 heavy (non-hydrogen) atoms. The molecule has 1 rings (SSSR count). The predicted molar refractivity (Wildman–Crippen MR) is 70.5 cm³/mol. The molecule has 0 amide bonds. The average molecular weight is 255 g/mol. The summed E-state index contributed by atoms with van der Waals surface area (Å²) in [5.74, 6) is 0.115. The summed E-state index contributed by atoms with van der Waals surface area (Å²) in [6.07, 6.45) is 1.08. The minimum Gasteiger partial charge on any atom is -0.368 e. The molecular formula is C14H19ClO2. The summed E-state index contributed by atoms with van der Waals surface area (Å²) in [5.41, 5.74) is 0.299. The minimum absolute atomic E-state index is 0.115. The average Bonchev–Trinajstić information content (AvgIpc) is 2.32. The van der Waals surface area contributed by atoms with Gasteiger partial charge in [-0.1, -0.05) is 30.7 Å². The van der Waals surface area contributed by atoms with Crippen molar-refractivity contribution in [3.63, 3.8) is 0 Å². The van der Waals surface area contributed by atoms with E-state index in [1.165, 1.54) is 0 Å². The Kier molecular flexibility index (Phi) is 5.16. The highest BCUT2D eigenvalue weighted by Gasteiger charge is 2.31. The fraction of sp³-hybridized carbons (Fsp3) is 0.500. The van der Waals surface area contributed by atoms with E-state index in [1.807, 2.05) is 32.9 Å². The van der Waals surface area contributed by atoms with Crippen molar-refractivity contribution in [2.45, 2.75) is 39.2 Å². The summed E-state index contributed by atoms with van der Waals surface area (Å²) in [6, 6.07) is 7.35. The second-order valence-electron chi connectivity index (χ2n) is 4.24. The number of rotatable bonds is 6. The molecule has 0 aliphatic rings. The predicted octanol–water partition coefficient (Wildman–Crippen LogP) is 3.66. The number of halogens is 1. The second-order valence-corrected chi connectivity index (χ2v) is 4.68. The highest BCUT2D eigenvalue weighted by atomic mass is 35.5. The summed E-state index contributed by atoms with van der Waals surface area (Å²) >= 11 is 5.81. The molecule has 0 saturated heterocycles. The van der Waals surface area contributed by atoms with Crippen molar-refractivity contribution >= 4 is 17.4 Å². The summed E-state index contributed by atoms with van der Waals surface area (Å²) in [6.45, 7) is 6.28. The number of ketones is 1. The van der Waals surface area contributed by atoms with Crippen molar-refractivity contribution < 1.29 is 9.53 Å². The van der Waals surface area contributed by atoms with Gasteiger partial charge in [0.2, 0.25) is 0 Å². The fourth-order valence-electron chi connectivity index (χ4n) is 1.67. The van der Waals surface area contributed by atoms with Gasteiger partial charge in [0.1, 0.15) is 5.60 Å². The van der Waals surface area contributed by atoms with Crippen LogP contribution in [0.5, 0.6) is 0 Å². The highest BCUT2D eigenvalue weighted by molar-refractivity contribution is 6.30. The lowest BCUT2D eigenvalue weighted by atomic mass is 9.92.